The summed E-state index contributed by atoms with van der Waals surface area (Å²) in [5, 5.41) is 18.2. The third kappa shape index (κ3) is 5.31. The number of aliphatic hydroxyl groups is 1. The molecule has 1 aromatic carbocycles. The fourth-order valence-electron chi connectivity index (χ4n) is 1.65. The van der Waals surface area contributed by atoms with E-state index in [9.17, 15) is 14.7 Å². The second kappa shape index (κ2) is 8.75. The van der Waals surface area contributed by atoms with Crippen molar-refractivity contribution in [2.75, 3.05) is 6.61 Å². The fraction of sp³-hybridized carbons (Fsp3) is 0.467. The molecule has 0 spiro atoms. The van der Waals surface area contributed by atoms with Gasteiger partial charge in [-0.2, -0.15) is 0 Å². The molecule has 0 fully saturated rings. The predicted octanol–water partition coefficient (Wildman–Crippen LogP) is 2.16. The van der Waals surface area contributed by atoms with E-state index in [1.165, 1.54) is 0 Å². The van der Waals surface area contributed by atoms with Crippen molar-refractivity contribution in [1.82, 2.24) is 0 Å². The van der Waals surface area contributed by atoms with Crippen molar-refractivity contribution in [3.8, 4) is 5.75 Å². The minimum atomic E-state index is -1.74. The molecule has 1 rings (SSSR count). The average molecular weight is 375 g/mol. The van der Waals surface area contributed by atoms with Crippen LogP contribution in [0.1, 0.15) is 25.8 Å². The van der Waals surface area contributed by atoms with Crippen molar-refractivity contribution < 1.29 is 29.3 Å². The number of ether oxygens (including phenoxy) is 2. The van der Waals surface area contributed by atoms with Crippen LogP contribution in [-0.2, 0) is 20.7 Å². The van der Waals surface area contributed by atoms with E-state index in [1.54, 1.807) is 25.1 Å². The summed E-state index contributed by atoms with van der Waals surface area (Å²) >= 11 is 3.29. The monoisotopic (exact) mass is 374 g/mol. The van der Waals surface area contributed by atoms with Crippen LogP contribution in [0, 0.1) is 0 Å². The van der Waals surface area contributed by atoms with Gasteiger partial charge in [0.05, 0.1) is 6.10 Å². The molecule has 0 radical (unpaired) electrons. The van der Waals surface area contributed by atoms with Crippen LogP contribution >= 0.6 is 15.9 Å². The molecule has 0 aliphatic rings. The Kier molecular flexibility index (Phi) is 7.34. The summed E-state index contributed by atoms with van der Waals surface area (Å²) in [4.78, 5) is 23.2. The highest BCUT2D eigenvalue weighted by Crippen LogP contribution is 2.25. The summed E-state index contributed by atoms with van der Waals surface area (Å²) in [6.45, 7) is 3.37. The van der Waals surface area contributed by atoms with Gasteiger partial charge >= 0.3 is 11.9 Å². The van der Waals surface area contributed by atoms with Gasteiger partial charge in [0.25, 0.3) is 6.10 Å². The van der Waals surface area contributed by atoms with Gasteiger partial charge in [0.15, 0.2) is 0 Å². The van der Waals surface area contributed by atoms with Crippen LogP contribution in [0.2, 0.25) is 0 Å². The minimum absolute atomic E-state index is 0.123. The molecular weight excluding hydrogens is 356 g/mol. The highest BCUT2D eigenvalue weighted by molar-refractivity contribution is 9.10. The summed E-state index contributed by atoms with van der Waals surface area (Å²) in [6, 6.07) is 4.90. The first-order chi connectivity index (χ1) is 10.4. The van der Waals surface area contributed by atoms with Gasteiger partial charge in [0.1, 0.15) is 5.75 Å². The van der Waals surface area contributed by atoms with Crippen LogP contribution in [-0.4, -0.2) is 41.0 Å². The third-order valence-electron chi connectivity index (χ3n) is 2.98. The maximum Gasteiger partial charge on any atom is 0.359 e. The van der Waals surface area contributed by atoms with Crippen LogP contribution in [0.5, 0.6) is 5.75 Å². The van der Waals surface area contributed by atoms with E-state index in [4.69, 9.17) is 14.6 Å². The van der Waals surface area contributed by atoms with Crippen LogP contribution < -0.4 is 4.74 Å². The summed E-state index contributed by atoms with van der Waals surface area (Å²) in [5.74, 6) is -2.14. The van der Waals surface area contributed by atoms with E-state index in [0.717, 1.165) is 4.47 Å². The van der Waals surface area contributed by atoms with Crippen LogP contribution in [0.25, 0.3) is 0 Å². The van der Waals surface area contributed by atoms with Crippen LogP contribution in [0.4, 0.5) is 0 Å². The molecule has 22 heavy (non-hydrogen) atoms. The summed E-state index contributed by atoms with van der Waals surface area (Å²) in [7, 11) is 0. The normalized spacial score (nSPS) is 13.3. The molecule has 2 unspecified atom stereocenters. The van der Waals surface area contributed by atoms with E-state index in [2.05, 4.69) is 15.9 Å². The van der Waals surface area contributed by atoms with Crippen LogP contribution in [0.3, 0.4) is 0 Å². The molecule has 2 atom stereocenters. The molecule has 0 heterocycles. The largest absolute Gasteiger partial charge is 0.478 e. The lowest BCUT2D eigenvalue weighted by Crippen LogP contribution is -2.38. The number of carbonyl (C=O) groups is 2. The molecule has 6 nitrogen and oxygen atoms in total. The molecule has 0 aromatic heterocycles. The second-order valence-corrected chi connectivity index (χ2v) is 5.63. The van der Waals surface area contributed by atoms with E-state index in [0.29, 0.717) is 12.0 Å². The van der Waals surface area contributed by atoms with E-state index in [-0.39, 0.29) is 24.9 Å². The van der Waals surface area contributed by atoms with Gasteiger partial charge in [-0.15, -0.1) is 0 Å². The lowest BCUT2D eigenvalue weighted by atomic mass is 10.1. The molecule has 0 saturated heterocycles. The highest BCUT2D eigenvalue weighted by atomic mass is 79.9. The second-order valence-electron chi connectivity index (χ2n) is 4.72. The van der Waals surface area contributed by atoms with Gasteiger partial charge in [-0.3, -0.25) is 0 Å². The molecular formula is C15H19BrO6. The standard InChI is InChI=1S/C15H19BrO6/c1-3-9(2)21-15(20)13(14(18)19)22-12-5-4-11(16)8-10(12)6-7-17/h4-5,8-9,13,17H,3,6-7H2,1-2H3,(H,18,19). The molecule has 1 aromatic rings. The van der Waals surface area contributed by atoms with E-state index >= 15 is 0 Å². The van der Waals surface area contributed by atoms with Crippen molar-refractivity contribution >= 4 is 27.9 Å². The van der Waals surface area contributed by atoms with Crippen LogP contribution in [0.15, 0.2) is 22.7 Å². The smallest absolute Gasteiger partial charge is 0.359 e. The first-order valence-corrected chi connectivity index (χ1v) is 7.67. The molecule has 0 aliphatic carbocycles. The highest BCUT2D eigenvalue weighted by Gasteiger charge is 2.31. The Hall–Kier alpha value is -1.60. The lowest BCUT2D eigenvalue weighted by molar-refractivity contribution is -0.166. The SMILES string of the molecule is CCC(C)OC(=O)C(Oc1ccc(Br)cc1CCO)C(=O)O. The molecule has 0 aliphatic heterocycles. The average Bonchev–Trinajstić information content (AvgIpc) is 2.46. The number of rotatable bonds is 8. The quantitative estimate of drug-likeness (QED) is 0.534. The predicted molar refractivity (Wildman–Crippen MR) is 82.8 cm³/mol. The van der Waals surface area contributed by atoms with Crippen molar-refractivity contribution in [1.29, 1.82) is 0 Å². The zero-order valence-electron chi connectivity index (χ0n) is 12.4. The summed E-state index contributed by atoms with van der Waals surface area (Å²) in [6.07, 6.45) is -1.28. The van der Waals surface area contributed by atoms with Crippen molar-refractivity contribution in [2.45, 2.75) is 38.9 Å². The van der Waals surface area contributed by atoms with Gasteiger partial charge in [-0.05, 0) is 43.5 Å². The molecule has 2 N–H and O–H groups in total. The first-order valence-electron chi connectivity index (χ1n) is 6.88. The Bertz CT molecular complexity index is 531. The first kappa shape index (κ1) is 18.4. The fourth-order valence-corrected chi connectivity index (χ4v) is 2.06. The number of halogens is 1. The molecule has 7 heteroatoms. The van der Waals surface area contributed by atoms with Gasteiger partial charge in [-0.1, -0.05) is 22.9 Å². The molecule has 0 amide bonds. The number of hydrogen-bond donors (Lipinski definition) is 2. The number of esters is 1. The van der Waals surface area contributed by atoms with E-state index < -0.39 is 18.0 Å². The molecule has 122 valence electrons. The molecule has 0 saturated carbocycles. The van der Waals surface area contributed by atoms with E-state index in [1.807, 2.05) is 6.92 Å². The Labute approximate surface area is 137 Å². The Morgan fingerprint density at radius 3 is 2.59 bits per heavy atom. The van der Waals surface area contributed by atoms with Crippen molar-refractivity contribution in [3.63, 3.8) is 0 Å². The Balaban J connectivity index is 2.96. The lowest BCUT2D eigenvalue weighted by Gasteiger charge is -2.19. The minimum Gasteiger partial charge on any atom is -0.478 e. The van der Waals surface area contributed by atoms with Crippen molar-refractivity contribution in [2.24, 2.45) is 0 Å². The number of aliphatic carboxylic acids is 1. The number of hydrogen-bond acceptors (Lipinski definition) is 5. The van der Waals surface area contributed by atoms with Crippen molar-refractivity contribution in [3.05, 3.63) is 28.2 Å². The number of carbonyl (C=O) groups excluding carboxylic acids is 1. The number of aliphatic hydroxyl groups excluding tert-OH is 1. The number of carboxylic acids is 1. The maximum absolute atomic E-state index is 11.9. The zero-order chi connectivity index (χ0) is 16.7. The number of carboxylic acid groups (broad SMARTS) is 1. The zero-order valence-corrected chi connectivity index (χ0v) is 14.0. The Morgan fingerprint density at radius 1 is 1.36 bits per heavy atom. The van der Waals surface area contributed by atoms with Gasteiger partial charge in [0, 0.05) is 11.1 Å². The maximum atomic E-state index is 11.9. The Morgan fingerprint density at radius 2 is 2.05 bits per heavy atom. The topological polar surface area (TPSA) is 93.1 Å². The summed E-state index contributed by atoms with van der Waals surface area (Å²) < 4.78 is 11.1. The summed E-state index contributed by atoms with van der Waals surface area (Å²) in [5.41, 5.74) is 0.597. The van der Waals surface area contributed by atoms with Gasteiger partial charge in [-0.25, -0.2) is 9.59 Å². The van der Waals surface area contributed by atoms with Gasteiger partial charge < -0.3 is 19.7 Å². The third-order valence-corrected chi connectivity index (χ3v) is 3.47. The van der Waals surface area contributed by atoms with Gasteiger partial charge in [0.2, 0.25) is 0 Å². The number of benzene rings is 1. The molecule has 0 bridgehead atoms.